The number of esters is 1. The second-order valence-electron chi connectivity index (χ2n) is 3.29. The summed E-state index contributed by atoms with van der Waals surface area (Å²) in [4.78, 5) is 11.2. The first-order valence-electron chi connectivity index (χ1n) is 4.94. The van der Waals surface area contributed by atoms with E-state index in [0.717, 1.165) is 0 Å². The standard InChI is InChI=1S/C12H13NO4/c1-8(12(14)16-3)17-11-5-9(7-13)4-10(6-11)15-2/h4-6,8H,1-3H3/t8-/m1/s1. The lowest BCUT2D eigenvalue weighted by molar-refractivity contribution is -0.147. The van der Waals surface area contributed by atoms with Crippen LogP contribution in [0, 0.1) is 11.3 Å². The first-order chi connectivity index (χ1) is 8.10. The van der Waals surface area contributed by atoms with Gasteiger partial charge in [0.2, 0.25) is 0 Å². The monoisotopic (exact) mass is 235 g/mol. The fourth-order valence-electron chi connectivity index (χ4n) is 1.24. The Kier molecular flexibility index (Phi) is 4.35. The molecule has 1 aromatic carbocycles. The van der Waals surface area contributed by atoms with Crippen LogP contribution >= 0.6 is 0 Å². The Labute approximate surface area is 99.5 Å². The zero-order chi connectivity index (χ0) is 12.8. The molecule has 0 aromatic heterocycles. The summed E-state index contributed by atoms with van der Waals surface area (Å²) in [5, 5.41) is 8.82. The topological polar surface area (TPSA) is 68.5 Å². The van der Waals surface area contributed by atoms with E-state index in [9.17, 15) is 4.79 Å². The molecule has 0 amide bonds. The summed E-state index contributed by atoms with van der Waals surface area (Å²) in [5.41, 5.74) is 0.399. The molecule has 1 rings (SSSR count). The van der Waals surface area contributed by atoms with Gasteiger partial charge in [-0.15, -0.1) is 0 Å². The first-order valence-corrected chi connectivity index (χ1v) is 4.94. The molecule has 0 spiro atoms. The molecule has 0 aliphatic carbocycles. The van der Waals surface area contributed by atoms with Crippen LogP contribution in [0.4, 0.5) is 0 Å². The van der Waals surface area contributed by atoms with Gasteiger partial charge in [0.1, 0.15) is 11.5 Å². The van der Waals surface area contributed by atoms with E-state index in [0.29, 0.717) is 17.1 Å². The highest BCUT2D eigenvalue weighted by Gasteiger charge is 2.15. The van der Waals surface area contributed by atoms with E-state index < -0.39 is 12.1 Å². The van der Waals surface area contributed by atoms with E-state index in [1.165, 1.54) is 20.3 Å². The van der Waals surface area contributed by atoms with Crippen LogP contribution in [-0.2, 0) is 9.53 Å². The van der Waals surface area contributed by atoms with Crippen LogP contribution in [0.25, 0.3) is 0 Å². The molecule has 0 aliphatic heterocycles. The zero-order valence-corrected chi connectivity index (χ0v) is 9.89. The molecular formula is C12H13NO4. The number of nitrogens with zero attached hydrogens (tertiary/aromatic N) is 1. The molecule has 17 heavy (non-hydrogen) atoms. The number of nitriles is 1. The number of hydrogen-bond acceptors (Lipinski definition) is 5. The molecule has 0 N–H and O–H groups in total. The average Bonchev–Trinajstić information content (AvgIpc) is 2.36. The Bertz CT molecular complexity index is 450. The lowest BCUT2D eigenvalue weighted by atomic mass is 10.2. The number of rotatable bonds is 4. The Morgan fingerprint density at radius 3 is 2.47 bits per heavy atom. The smallest absolute Gasteiger partial charge is 0.346 e. The molecule has 0 bridgehead atoms. The van der Waals surface area contributed by atoms with Gasteiger partial charge in [-0.2, -0.15) is 5.26 Å². The van der Waals surface area contributed by atoms with Crippen molar-refractivity contribution in [3.8, 4) is 17.6 Å². The minimum atomic E-state index is -0.737. The minimum Gasteiger partial charge on any atom is -0.497 e. The summed E-state index contributed by atoms with van der Waals surface area (Å²) in [6, 6.07) is 6.69. The van der Waals surface area contributed by atoms with Crippen molar-refractivity contribution in [3.63, 3.8) is 0 Å². The van der Waals surface area contributed by atoms with Crippen molar-refractivity contribution in [3.05, 3.63) is 23.8 Å². The van der Waals surface area contributed by atoms with Gasteiger partial charge < -0.3 is 14.2 Å². The van der Waals surface area contributed by atoms with Gasteiger partial charge in [-0.05, 0) is 19.1 Å². The summed E-state index contributed by atoms with van der Waals surface area (Å²) >= 11 is 0. The molecule has 90 valence electrons. The zero-order valence-electron chi connectivity index (χ0n) is 9.89. The molecule has 1 atom stereocenters. The van der Waals surface area contributed by atoms with E-state index in [1.54, 1.807) is 19.1 Å². The number of carbonyl (C=O) groups is 1. The van der Waals surface area contributed by atoms with Crippen LogP contribution in [0.1, 0.15) is 12.5 Å². The van der Waals surface area contributed by atoms with Gasteiger partial charge in [-0.3, -0.25) is 0 Å². The van der Waals surface area contributed by atoms with Gasteiger partial charge in [-0.1, -0.05) is 0 Å². The second-order valence-corrected chi connectivity index (χ2v) is 3.29. The maximum Gasteiger partial charge on any atom is 0.346 e. The maximum absolute atomic E-state index is 11.2. The van der Waals surface area contributed by atoms with E-state index in [2.05, 4.69) is 4.74 Å². The van der Waals surface area contributed by atoms with Gasteiger partial charge in [-0.25, -0.2) is 4.79 Å². The van der Waals surface area contributed by atoms with Gasteiger partial charge in [0.05, 0.1) is 25.9 Å². The molecule has 5 nitrogen and oxygen atoms in total. The summed E-state index contributed by atoms with van der Waals surface area (Å²) in [5.74, 6) is 0.404. The SMILES string of the molecule is COC(=O)[C@@H](C)Oc1cc(C#N)cc(OC)c1. The summed E-state index contributed by atoms with van der Waals surface area (Å²) in [7, 11) is 2.78. The molecule has 0 radical (unpaired) electrons. The second kappa shape index (κ2) is 5.75. The molecule has 0 heterocycles. The van der Waals surface area contributed by atoms with Crippen LogP contribution in [0.5, 0.6) is 11.5 Å². The summed E-state index contributed by atoms with van der Waals surface area (Å²) in [6.45, 7) is 1.57. The first kappa shape index (κ1) is 12.8. The Hall–Kier alpha value is -2.22. The van der Waals surface area contributed by atoms with E-state index in [1.807, 2.05) is 6.07 Å². The molecule has 0 fully saturated rings. The van der Waals surface area contributed by atoms with Crippen LogP contribution in [-0.4, -0.2) is 26.3 Å². The molecule has 0 saturated carbocycles. The molecule has 1 aromatic rings. The Morgan fingerprint density at radius 2 is 1.94 bits per heavy atom. The van der Waals surface area contributed by atoms with Crippen LogP contribution in [0.2, 0.25) is 0 Å². The Balaban J connectivity index is 2.91. The van der Waals surface area contributed by atoms with Crippen LogP contribution < -0.4 is 9.47 Å². The fourth-order valence-corrected chi connectivity index (χ4v) is 1.24. The van der Waals surface area contributed by atoms with Crippen molar-refractivity contribution < 1.29 is 19.0 Å². The number of methoxy groups -OCH3 is 2. The predicted molar refractivity (Wildman–Crippen MR) is 59.8 cm³/mol. The minimum absolute atomic E-state index is 0.388. The highest BCUT2D eigenvalue weighted by Crippen LogP contribution is 2.23. The van der Waals surface area contributed by atoms with Gasteiger partial charge in [0, 0.05) is 6.07 Å². The van der Waals surface area contributed by atoms with Gasteiger partial charge in [0.15, 0.2) is 6.10 Å². The van der Waals surface area contributed by atoms with E-state index >= 15 is 0 Å². The van der Waals surface area contributed by atoms with Crippen molar-refractivity contribution in [2.45, 2.75) is 13.0 Å². The molecular weight excluding hydrogens is 222 g/mol. The van der Waals surface area contributed by atoms with Crippen molar-refractivity contribution >= 4 is 5.97 Å². The molecule has 0 unspecified atom stereocenters. The third kappa shape index (κ3) is 3.38. The number of carbonyl (C=O) groups excluding carboxylic acids is 1. The number of ether oxygens (including phenoxy) is 3. The predicted octanol–water partition coefficient (Wildman–Crippen LogP) is 1.51. The van der Waals surface area contributed by atoms with Crippen molar-refractivity contribution in [1.82, 2.24) is 0 Å². The highest BCUT2D eigenvalue weighted by atomic mass is 16.6. The molecule has 5 heteroatoms. The lowest BCUT2D eigenvalue weighted by Crippen LogP contribution is -2.24. The Morgan fingerprint density at radius 1 is 1.29 bits per heavy atom. The van der Waals surface area contributed by atoms with Crippen LogP contribution in [0.15, 0.2) is 18.2 Å². The molecule has 0 aliphatic rings. The van der Waals surface area contributed by atoms with Crippen molar-refractivity contribution in [2.24, 2.45) is 0 Å². The maximum atomic E-state index is 11.2. The summed E-state index contributed by atoms with van der Waals surface area (Å²) < 4.78 is 14.9. The van der Waals surface area contributed by atoms with Gasteiger partial charge >= 0.3 is 5.97 Å². The van der Waals surface area contributed by atoms with E-state index in [-0.39, 0.29) is 0 Å². The van der Waals surface area contributed by atoms with E-state index in [4.69, 9.17) is 14.7 Å². The van der Waals surface area contributed by atoms with Crippen LogP contribution in [0.3, 0.4) is 0 Å². The van der Waals surface area contributed by atoms with Gasteiger partial charge in [0.25, 0.3) is 0 Å². The molecule has 0 saturated heterocycles. The quantitative estimate of drug-likeness (QED) is 0.740. The normalized spacial score (nSPS) is 11.2. The number of benzene rings is 1. The highest BCUT2D eigenvalue weighted by molar-refractivity contribution is 5.74. The van der Waals surface area contributed by atoms with Crippen molar-refractivity contribution in [2.75, 3.05) is 14.2 Å². The number of hydrogen-bond donors (Lipinski definition) is 0. The largest absolute Gasteiger partial charge is 0.497 e. The fraction of sp³-hybridized carbons (Fsp3) is 0.333. The lowest BCUT2D eigenvalue weighted by Gasteiger charge is -2.13. The third-order valence-corrected chi connectivity index (χ3v) is 2.09. The van der Waals surface area contributed by atoms with Crippen molar-refractivity contribution in [1.29, 1.82) is 5.26 Å². The third-order valence-electron chi connectivity index (χ3n) is 2.09. The average molecular weight is 235 g/mol. The summed E-state index contributed by atoms with van der Waals surface area (Å²) in [6.07, 6.45) is -0.737.